The Labute approximate surface area is 207 Å². The highest BCUT2D eigenvalue weighted by Gasteiger charge is 2.38. The van der Waals surface area contributed by atoms with Crippen molar-refractivity contribution in [3.63, 3.8) is 0 Å². The molecule has 10 nitrogen and oxygen atoms in total. The van der Waals surface area contributed by atoms with E-state index in [4.69, 9.17) is 9.84 Å². The number of aromatic nitrogens is 2. The number of hydrogen-bond donors (Lipinski definition) is 4. The lowest BCUT2D eigenvalue weighted by atomic mass is 9.90. The number of nitrogens with zero attached hydrogens (tertiary/aromatic N) is 3. The molecule has 3 rings (SSSR count). The van der Waals surface area contributed by atoms with Gasteiger partial charge in [0.05, 0.1) is 25.7 Å². The van der Waals surface area contributed by atoms with E-state index in [9.17, 15) is 26.7 Å². The predicted octanol–water partition coefficient (Wildman–Crippen LogP) is 2.89. The van der Waals surface area contributed by atoms with Gasteiger partial charge in [-0.05, 0) is 30.5 Å². The molecule has 1 heterocycles. The minimum absolute atomic E-state index is 0.150. The molecule has 200 valence electrons. The van der Waals surface area contributed by atoms with E-state index >= 15 is 0 Å². The number of halogens is 3. The quantitative estimate of drug-likeness (QED) is 0.383. The van der Waals surface area contributed by atoms with Crippen LogP contribution in [0.25, 0.3) is 0 Å². The molecule has 2 aromatic rings. The first kappa shape index (κ1) is 27.9. The summed E-state index contributed by atoms with van der Waals surface area (Å²) in [6.45, 7) is -0.496. The number of likely N-dealkylation sites (N-methyl/N-ethyl adjacent to an activating group) is 1. The molecule has 0 saturated heterocycles. The summed E-state index contributed by atoms with van der Waals surface area (Å²) in [6, 6.07) is 3.38. The van der Waals surface area contributed by atoms with E-state index in [1.165, 1.54) is 36.7 Å². The van der Waals surface area contributed by atoms with Gasteiger partial charge in [-0.15, -0.1) is 0 Å². The Morgan fingerprint density at radius 3 is 2.58 bits per heavy atom. The minimum Gasteiger partial charge on any atom is -0.495 e. The highest BCUT2D eigenvalue weighted by atomic mass is 32.2. The summed E-state index contributed by atoms with van der Waals surface area (Å²) in [4.78, 5) is 7.87. The van der Waals surface area contributed by atoms with Crippen molar-refractivity contribution in [2.45, 2.75) is 50.0 Å². The van der Waals surface area contributed by atoms with E-state index in [2.05, 4.69) is 20.6 Å². The van der Waals surface area contributed by atoms with Crippen molar-refractivity contribution in [1.29, 1.82) is 0 Å². The van der Waals surface area contributed by atoms with Gasteiger partial charge in [0, 0.05) is 25.3 Å². The van der Waals surface area contributed by atoms with Crippen LogP contribution in [0, 0.1) is 0 Å². The van der Waals surface area contributed by atoms with Gasteiger partial charge < -0.3 is 25.6 Å². The number of benzene rings is 1. The van der Waals surface area contributed by atoms with Crippen LogP contribution >= 0.6 is 0 Å². The molecule has 0 amide bonds. The van der Waals surface area contributed by atoms with Crippen LogP contribution in [0.5, 0.6) is 5.75 Å². The summed E-state index contributed by atoms with van der Waals surface area (Å²) in [6.07, 6.45) is -1.69. The summed E-state index contributed by atoms with van der Waals surface area (Å²) < 4.78 is 72.0. The maximum atomic E-state index is 13.8. The second kappa shape index (κ2) is 11.2. The summed E-state index contributed by atoms with van der Waals surface area (Å²) in [5.74, 6) is -0.367. The molecule has 3 atom stereocenters. The number of anilines is 3. The van der Waals surface area contributed by atoms with Gasteiger partial charge in [0.15, 0.2) is 0 Å². The second-order valence-corrected chi connectivity index (χ2v) is 10.7. The number of aliphatic hydroxyl groups excluding tert-OH is 2. The lowest BCUT2D eigenvalue weighted by molar-refractivity contribution is -0.137. The first-order valence-electron chi connectivity index (χ1n) is 11.2. The van der Waals surface area contributed by atoms with Gasteiger partial charge >= 0.3 is 6.18 Å². The van der Waals surface area contributed by atoms with Crippen LogP contribution in [-0.2, 0) is 16.2 Å². The van der Waals surface area contributed by atoms with E-state index in [0.29, 0.717) is 30.3 Å². The van der Waals surface area contributed by atoms with Gasteiger partial charge in [-0.25, -0.2) is 17.7 Å². The minimum atomic E-state index is -4.74. The number of hydrogen-bond acceptors (Lipinski definition) is 9. The summed E-state index contributed by atoms with van der Waals surface area (Å²) >= 11 is 0. The first-order valence-corrected chi connectivity index (χ1v) is 13.1. The Morgan fingerprint density at radius 2 is 1.97 bits per heavy atom. The molecule has 14 heteroatoms. The topological polar surface area (TPSA) is 137 Å². The van der Waals surface area contributed by atoms with Crippen LogP contribution in [0.1, 0.15) is 42.9 Å². The van der Waals surface area contributed by atoms with Crippen LogP contribution < -0.4 is 15.4 Å². The third-order valence-electron chi connectivity index (χ3n) is 6.17. The molecular weight excluding hydrogens is 503 g/mol. The molecule has 1 aromatic carbocycles. The molecule has 0 aliphatic heterocycles. The van der Waals surface area contributed by atoms with E-state index in [-0.39, 0.29) is 11.7 Å². The molecule has 36 heavy (non-hydrogen) atoms. The van der Waals surface area contributed by atoms with Gasteiger partial charge in [-0.3, -0.25) is 0 Å². The average Bonchev–Trinajstić information content (AvgIpc) is 2.82. The van der Waals surface area contributed by atoms with Crippen molar-refractivity contribution < 1.29 is 36.5 Å². The van der Waals surface area contributed by atoms with E-state index in [0.717, 1.165) is 19.1 Å². The standard InChI is InChI=1S/C22H30F3N5O5S/c1-30(36(3,33)34)17-7-5-4-6-15(17)27-20-14(22(23,24)25)11-26-21(29-20)28-16-9-8-13(18(32)12-31)10-19(16)35-2/h8-11,15,17-18,31-32H,4-7,12H2,1-3H3,(H2,26,27,28,29)/t15-,17-,18+/m1/s1. The SMILES string of the molecule is COc1cc([C@@H](O)CO)ccc1Nc1ncc(C(F)(F)F)c(N[C@@H]2CCCC[C@H]2N(C)S(C)(=O)=O)n1. The Hall–Kier alpha value is -2.68. The van der Waals surface area contributed by atoms with E-state index < -0.39 is 52.4 Å². The first-order chi connectivity index (χ1) is 16.8. The predicted molar refractivity (Wildman–Crippen MR) is 128 cm³/mol. The molecule has 1 aliphatic rings. The second-order valence-electron chi connectivity index (χ2n) is 8.62. The fourth-order valence-corrected chi connectivity index (χ4v) is 4.88. The molecular formula is C22H30F3N5O5S. The van der Waals surface area contributed by atoms with E-state index in [1.807, 2.05) is 0 Å². The van der Waals surface area contributed by atoms with E-state index in [1.54, 1.807) is 0 Å². The van der Waals surface area contributed by atoms with Gasteiger partial charge in [0.2, 0.25) is 16.0 Å². The molecule has 0 spiro atoms. The maximum absolute atomic E-state index is 13.8. The Kier molecular flexibility index (Phi) is 8.64. The van der Waals surface area contributed by atoms with Crippen molar-refractivity contribution in [2.75, 3.05) is 37.7 Å². The van der Waals surface area contributed by atoms with Crippen molar-refractivity contribution in [2.24, 2.45) is 0 Å². The number of nitrogens with one attached hydrogen (secondary N) is 2. The molecule has 0 radical (unpaired) electrons. The van der Waals surface area contributed by atoms with Crippen LogP contribution in [0.15, 0.2) is 24.4 Å². The Morgan fingerprint density at radius 1 is 1.28 bits per heavy atom. The van der Waals surface area contributed by atoms with Crippen LogP contribution in [0.3, 0.4) is 0 Å². The van der Waals surface area contributed by atoms with Gasteiger partial charge in [-0.1, -0.05) is 18.9 Å². The molecule has 0 unspecified atom stereocenters. The molecule has 1 aliphatic carbocycles. The number of aliphatic hydroxyl groups is 2. The van der Waals surface area contributed by atoms with Gasteiger partial charge in [0.25, 0.3) is 0 Å². The lowest BCUT2D eigenvalue weighted by Gasteiger charge is -2.37. The number of alkyl halides is 3. The summed E-state index contributed by atoms with van der Waals surface area (Å²) in [5.41, 5.74) is -0.369. The molecule has 1 fully saturated rings. The van der Waals surface area contributed by atoms with Gasteiger partial charge in [0.1, 0.15) is 23.2 Å². The summed E-state index contributed by atoms with van der Waals surface area (Å²) in [5, 5.41) is 24.6. The zero-order chi connectivity index (χ0) is 26.7. The van der Waals surface area contributed by atoms with Crippen molar-refractivity contribution in [3.8, 4) is 5.75 Å². The zero-order valence-corrected chi connectivity index (χ0v) is 20.9. The van der Waals surface area contributed by atoms with Crippen LogP contribution in [0.2, 0.25) is 0 Å². The van der Waals surface area contributed by atoms with Gasteiger partial charge in [-0.2, -0.15) is 18.2 Å². The Bertz CT molecular complexity index is 1170. The monoisotopic (exact) mass is 533 g/mol. The van der Waals surface area contributed by atoms with Crippen LogP contribution in [-0.4, -0.2) is 72.0 Å². The summed E-state index contributed by atoms with van der Waals surface area (Å²) in [7, 11) is -0.765. The third kappa shape index (κ3) is 6.55. The fraction of sp³-hybridized carbons (Fsp3) is 0.545. The largest absolute Gasteiger partial charge is 0.495 e. The third-order valence-corrected chi connectivity index (χ3v) is 7.48. The number of methoxy groups -OCH3 is 1. The molecule has 1 aromatic heterocycles. The van der Waals surface area contributed by atoms with Crippen LogP contribution in [0.4, 0.5) is 30.6 Å². The van der Waals surface area contributed by atoms with Crippen molar-refractivity contribution in [3.05, 3.63) is 35.5 Å². The zero-order valence-electron chi connectivity index (χ0n) is 20.1. The van der Waals surface area contributed by atoms with Crippen molar-refractivity contribution >= 4 is 27.5 Å². The molecule has 4 N–H and O–H groups in total. The lowest BCUT2D eigenvalue weighted by Crippen LogP contribution is -2.49. The van der Waals surface area contributed by atoms with Crippen molar-refractivity contribution in [1.82, 2.24) is 14.3 Å². The average molecular weight is 534 g/mol. The Balaban J connectivity index is 1.95. The fourth-order valence-electron chi connectivity index (χ4n) is 4.14. The highest BCUT2D eigenvalue weighted by molar-refractivity contribution is 7.88. The number of ether oxygens (including phenoxy) is 1. The maximum Gasteiger partial charge on any atom is 0.421 e. The normalized spacial score (nSPS) is 19.7. The highest BCUT2D eigenvalue weighted by Crippen LogP contribution is 2.37. The molecule has 0 bridgehead atoms. The number of sulfonamides is 1. The molecule has 1 saturated carbocycles. The number of rotatable bonds is 9. The smallest absolute Gasteiger partial charge is 0.421 e.